The Hall–Kier alpha value is -2.17. The normalized spacial score (nSPS) is 22.5. The van der Waals surface area contributed by atoms with Gasteiger partial charge >= 0.3 is 0 Å². The van der Waals surface area contributed by atoms with Crippen LogP contribution in [0.3, 0.4) is 0 Å². The number of carbonyl (C=O) groups is 1. The number of carbonyl (C=O) groups excluding carboxylic acids is 1. The molecule has 2 aromatic carbocycles. The average molecular weight is 322 g/mol. The second-order valence-corrected chi connectivity index (χ2v) is 6.71. The van der Waals surface area contributed by atoms with Gasteiger partial charge < -0.3 is 15.7 Å². The van der Waals surface area contributed by atoms with Gasteiger partial charge in [-0.2, -0.15) is 0 Å². The monoisotopic (exact) mass is 322 g/mol. The SMILES string of the molecule is O=C1NC[C@@H]2CNC[C@H]2c2ccc(-c3cccc(CCO)c3)cc21. The van der Waals surface area contributed by atoms with Crippen LogP contribution in [0.25, 0.3) is 11.1 Å². The minimum absolute atomic E-state index is 0.0350. The molecule has 2 atom stereocenters. The summed E-state index contributed by atoms with van der Waals surface area (Å²) in [7, 11) is 0. The second kappa shape index (κ2) is 6.38. The number of benzene rings is 2. The first-order chi connectivity index (χ1) is 11.8. The Bertz CT molecular complexity index is 772. The predicted octanol–water partition coefficient (Wildman–Crippen LogP) is 1.93. The van der Waals surface area contributed by atoms with Crippen LogP contribution in [0, 0.1) is 5.92 Å². The number of rotatable bonds is 3. The molecular formula is C20H22N2O2. The molecule has 1 fully saturated rings. The molecule has 0 bridgehead atoms. The highest BCUT2D eigenvalue weighted by molar-refractivity contribution is 5.97. The molecule has 0 aliphatic carbocycles. The van der Waals surface area contributed by atoms with E-state index in [-0.39, 0.29) is 12.5 Å². The van der Waals surface area contributed by atoms with Crippen LogP contribution < -0.4 is 10.6 Å². The van der Waals surface area contributed by atoms with Crippen molar-refractivity contribution in [2.75, 3.05) is 26.2 Å². The lowest BCUT2D eigenvalue weighted by molar-refractivity contribution is 0.0952. The Morgan fingerprint density at radius 3 is 2.79 bits per heavy atom. The van der Waals surface area contributed by atoms with E-state index in [1.807, 2.05) is 18.2 Å². The fourth-order valence-electron chi connectivity index (χ4n) is 3.92. The van der Waals surface area contributed by atoms with Crippen molar-refractivity contribution < 1.29 is 9.90 Å². The summed E-state index contributed by atoms with van der Waals surface area (Å²) in [5.41, 5.74) is 5.20. The van der Waals surface area contributed by atoms with Crippen LogP contribution in [0.2, 0.25) is 0 Å². The quantitative estimate of drug-likeness (QED) is 0.809. The summed E-state index contributed by atoms with van der Waals surface area (Å²) in [5, 5.41) is 15.6. The van der Waals surface area contributed by atoms with Crippen LogP contribution in [0.15, 0.2) is 42.5 Å². The van der Waals surface area contributed by atoms with E-state index in [1.54, 1.807) is 0 Å². The van der Waals surface area contributed by atoms with Gasteiger partial charge in [0.1, 0.15) is 0 Å². The van der Waals surface area contributed by atoms with Crippen molar-refractivity contribution in [2.24, 2.45) is 5.92 Å². The van der Waals surface area contributed by atoms with Crippen LogP contribution in [-0.2, 0) is 6.42 Å². The number of aliphatic hydroxyl groups is 1. The molecule has 3 N–H and O–H groups in total. The molecule has 4 rings (SSSR count). The zero-order valence-corrected chi connectivity index (χ0v) is 13.6. The molecule has 4 heteroatoms. The molecule has 0 radical (unpaired) electrons. The fourth-order valence-corrected chi connectivity index (χ4v) is 3.92. The standard InChI is InChI=1S/C20H22N2O2/c23-7-6-13-2-1-3-14(8-13)15-4-5-17-18(9-15)20(24)22-11-16-10-21-12-19(16)17/h1-5,8-9,16,19,21,23H,6-7,10-12H2,(H,22,24)/t16-,19+/m0/s1. The highest BCUT2D eigenvalue weighted by Crippen LogP contribution is 2.34. The van der Waals surface area contributed by atoms with E-state index in [0.29, 0.717) is 18.3 Å². The maximum atomic E-state index is 12.5. The van der Waals surface area contributed by atoms with Crippen LogP contribution in [-0.4, -0.2) is 37.3 Å². The zero-order chi connectivity index (χ0) is 16.5. The predicted molar refractivity (Wildman–Crippen MR) is 94.1 cm³/mol. The summed E-state index contributed by atoms with van der Waals surface area (Å²) < 4.78 is 0. The van der Waals surface area contributed by atoms with Crippen molar-refractivity contribution in [1.29, 1.82) is 0 Å². The number of hydrogen-bond donors (Lipinski definition) is 3. The molecule has 2 aliphatic heterocycles. The number of aliphatic hydroxyl groups excluding tert-OH is 1. The summed E-state index contributed by atoms with van der Waals surface area (Å²) in [6.45, 7) is 2.80. The summed E-state index contributed by atoms with van der Waals surface area (Å²) >= 11 is 0. The van der Waals surface area contributed by atoms with E-state index >= 15 is 0 Å². The van der Waals surface area contributed by atoms with Gasteiger partial charge in [-0.25, -0.2) is 0 Å². The summed E-state index contributed by atoms with van der Waals surface area (Å²) in [6.07, 6.45) is 0.648. The number of nitrogens with one attached hydrogen (secondary N) is 2. The highest BCUT2D eigenvalue weighted by atomic mass is 16.2. The third kappa shape index (κ3) is 2.72. The smallest absolute Gasteiger partial charge is 0.251 e. The van der Waals surface area contributed by atoms with Crippen molar-refractivity contribution in [3.8, 4) is 11.1 Å². The van der Waals surface area contributed by atoms with E-state index in [4.69, 9.17) is 5.11 Å². The lowest BCUT2D eigenvalue weighted by atomic mass is 9.86. The van der Waals surface area contributed by atoms with E-state index in [1.165, 1.54) is 0 Å². The lowest BCUT2D eigenvalue weighted by Gasteiger charge is -2.17. The fraction of sp³-hybridized carbons (Fsp3) is 0.350. The van der Waals surface area contributed by atoms with Gasteiger partial charge in [0, 0.05) is 37.7 Å². The Morgan fingerprint density at radius 2 is 1.92 bits per heavy atom. The molecule has 124 valence electrons. The van der Waals surface area contributed by atoms with Crippen molar-refractivity contribution in [1.82, 2.24) is 10.6 Å². The number of amides is 1. The van der Waals surface area contributed by atoms with Crippen LogP contribution in [0.4, 0.5) is 0 Å². The Balaban J connectivity index is 1.75. The van der Waals surface area contributed by atoms with E-state index < -0.39 is 0 Å². The van der Waals surface area contributed by atoms with E-state index in [0.717, 1.165) is 47.5 Å². The maximum Gasteiger partial charge on any atom is 0.251 e. The molecule has 2 heterocycles. The molecule has 0 spiro atoms. The molecule has 0 saturated carbocycles. The van der Waals surface area contributed by atoms with Crippen molar-refractivity contribution in [3.05, 3.63) is 59.2 Å². The van der Waals surface area contributed by atoms with Crippen LogP contribution >= 0.6 is 0 Å². The van der Waals surface area contributed by atoms with Gasteiger partial charge in [0.15, 0.2) is 0 Å². The van der Waals surface area contributed by atoms with E-state index in [9.17, 15) is 4.79 Å². The van der Waals surface area contributed by atoms with Gasteiger partial charge in [-0.15, -0.1) is 0 Å². The summed E-state index contributed by atoms with van der Waals surface area (Å²) in [5.74, 6) is 0.926. The summed E-state index contributed by atoms with van der Waals surface area (Å²) in [6, 6.07) is 14.4. The van der Waals surface area contributed by atoms with Crippen molar-refractivity contribution >= 4 is 5.91 Å². The summed E-state index contributed by atoms with van der Waals surface area (Å²) in [4.78, 5) is 12.5. The molecule has 1 saturated heterocycles. The van der Waals surface area contributed by atoms with Crippen LogP contribution in [0.5, 0.6) is 0 Å². The molecule has 2 aromatic rings. The molecule has 0 unspecified atom stereocenters. The molecule has 1 amide bonds. The highest BCUT2D eigenvalue weighted by Gasteiger charge is 2.34. The number of hydrogen-bond acceptors (Lipinski definition) is 3. The molecular weight excluding hydrogens is 300 g/mol. The largest absolute Gasteiger partial charge is 0.396 e. The Labute approximate surface area is 141 Å². The van der Waals surface area contributed by atoms with Crippen molar-refractivity contribution in [3.63, 3.8) is 0 Å². The molecule has 0 aromatic heterocycles. The molecule has 4 nitrogen and oxygen atoms in total. The zero-order valence-electron chi connectivity index (χ0n) is 13.6. The molecule has 2 aliphatic rings. The Morgan fingerprint density at radius 1 is 1.04 bits per heavy atom. The number of fused-ring (bicyclic) bond motifs is 3. The lowest BCUT2D eigenvalue weighted by Crippen LogP contribution is -2.28. The third-order valence-electron chi connectivity index (χ3n) is 5.22. The van der Waals surface area contributed by atoms with Crippen LogP contribution in [0.1, 0.15) is 27.4 Å². The average Bonchev–Trinajstić information content (AvgIpc) is 3.03. The van der Waals surface area contributed by atoms with Gasteiger partial charge in [-0.3, -0.25) is 4.79 Å². The third-order valence-corrected chi connectivity index (χ3v) is 5.22. The topological polar surface area (TPSA) is 61.4 Å². The molecule has 24 heavy (non-hydrogen) atoms. The van der Waals surface area contributed by atoms with Gasteiger partial charge in [-0.1, -0.05) is 36.4 Å². The maximum absolute atomic E-state index is 12.5. The first kappa shape index (κ1) is 15.4. The minimum Gasteiger partial charge on any atom is -0.396 e. The van der Waals surface area contributed by atoms with Gasteiger partial charge in [-0.05, 0) is 40.7 Å². The first-order valence-electron chi connectivity index (χ1n) is 8.59. The Kier molecular flexibility index (Phi) is 4.08. The van der Waals surface area contributed by atoms with E-state index in [2.05, 4.69) is 34.9 Å². The van der Waals surface area contributed by atoms with Gasteiger partial charge in [0.05, 0.1) is 0 Å². The van der Waals surface area contributed by atoms with Gasteiger partial charge in [0.25, 0.3) is 5.91 Å². The minimum atomic E-state index is 0.0350. The van der Waals surface area contributed by atoms with Gasteiger partial charge in [0.2, 0.25) is 0 Å². The van der Waals surface area contributed by atoms with Crippen molar-refractivity contribution in [2.45, 2.75) is 12.3 Å². The second-order valence-electron chi connectivity index (χ2n) is 6.71. The first-order valence-corrected chi connectivity index (χ1v) is 8.59.